The van der Waals surface area contributed by atoms with Gasteiger partial charge in [-0.3, -0.25) is 14.4 Å². The molecule has 1 spiro atoms. The minimum Gasteiger partial charge on any atom is -0.477 e. The van der Waals surface area contributed by atoms with Gasteiger partial charge in [0.15, 0.2) is 5.60 Å². The Balaban J connectivity index is 1.79. The van der Waals surface area contributed by atoms with Crippen LogP contribution in [0.1, 0.15) is 80.2 Å². The number of benzene rings is 3. The Labute approximate surface area is 289 Å². The Kier molecular flexibility index (Phi) is 9.91. The maximum absolute atomic E-state index is 14.6. The van der Waals surface area contributed by atoms with Gasteiger partial charge in [0.2, 0.25) is 21.8 Å². The Morgan fingerprint density at radius 2 is 1.55 bits per heavy atom. The lowest BCUT2D eigenvalue weighted by molar-refractivity contribution is -0.137. The molecule has 2 aliphatic heterocycles. The number of carbonyl (C=O) groups is 3. The molecule has 0 aliphatic carbocycles. The third-order valence-electron chi connectivity index (χ3n) is 8.96. The molecule has 13 heteroatoms. The minimum atomic E-state index is -3.92. The van der Waals surface area contributed by atoms with Gasteiger partial charge in [-0.25, -0.2) is 13.1 Å². The first-order valence-electron chi connectivity index (χ1n) is 15.3. The van der Waals surface area contributed by atoms with E-state index in [-0.39, 0.29) is 36.8 Å². The molecule has 0 saturated carbocycles. The molecule has 3 aromatic rings. The topological polar surface area (TPSA) is 131 Å². The smallest absolute Gasteiger partial charge is 0.277 e. The van der Waals surface area contributed by atoms with Crippen molar-refractivity contribution in [3.63, 3.8) is 0 Å². The van der Waals surface area contributed by atoms with Crippen molar-refractivity contribution in [1.82, 2.24) is 10.0 Å². The molecule has 3 atom stereocenters. The summed E-state index contributed by atoms with van der Waals surface area (Å²) in [4.78, 5) is 42.0. The van der Waals surface area contributed by atoms with Crippen molar-refractivity contribution < 1.29 is 27.5 Å². The van der Waals surface area contributed by atoms with Gasteiger partial charge in [-0.1, -0.05) is 73.6 Å². The highest BCUT2D eigenvalue weighted by atomic mass is 35.5. The maximum Gasteiger partial charge on any atom is 0.277 e. The molecule has 2 aliphatic rings. The van der Waals surface area contributed by atoms with Gasteiger partial charge in [-0.2, -0.15) is 0 Å². The normalized spacial score (nSPS) is 20.8. The molecule has 250 valence electrons. The van der Waals surface area contributed by atoms with Crippen molar-refractivity contribution >= 4 is 68.2 Å². The highest BCUT2D eigenvalue weighted by Crippen LogP contribution is 2.59. The molecule has 2 heterocycles. The lowest BCUT2D eigenvalue weighted by Gasteiger charge is -2.47. The van der Waals surface area contributed by atoms with Crippen LogP contribution in [0.15, 0.2) is 54.6 Å². The second-order valence-electron chi connectivity index (χ2n) is 12.3. The number of ether oxygens (including phenoxy) is 1. The Morgan fingerprint density at radius 1 is 0.957 bits per heavy atom. The Hall–Kier alpha value is -3.31. The van der Waals surface area contributed by atoms with Crippen molar-refractivity contribution in [1.29, 1.82) is 0 Å². The van der Waals surface area contributed by atoms with Crippen LogP contribution >= 0.6 is 34.8 Å². The summed E-state index contributed by atoms with van der Waals surface area (Å²) in [6.45, 7) is 5.62. The molecule has 1 saturated heterocycles. The molecule has 3 N–H and O–H groups in total. The molecule has 3 amide bonds. The van der Waals surface area contributed by atoms with Crippen molar-refractivity contribution in [2.75, 3.05) is 11.6 Å². The van der Waals surface area contributed by atoms with Gasteiger partial charge >= 0.3 is 0 Å². The van der Waals surface area contributed by atoms with Gasteiger partial charge in [0.05, 0.1) is 12.3 Å². The summed E-state index contributed by atoms with van der Waals surface area (Å²) in [5.41, 5.74) is -0.0485. The zero-order valence-corrected chi connectivity index (χ0v) is 29.5. The van der Waals surface area contributed by atoms with Gasteiger partial charge in [0, 0.05) is 38.7 Å². The monoisotopic (exact) mass is 719 g/mol. The highest BCUT2D eigenvalue weighted by Gasteiger charge is 2.62. The molecule has 3 aromatic carbocycles. The number of fused-ring (bicyclic) bond motifs is 2. The van der Waals surface area contributed by atoms with E-state index in [1.54, 1.807) is 48.5 Å². The third kappa shape index (κ3) is 6.57. The van der Waals surface area contributed by atoms with Crippen LogP contribution in [-0.2, 0) is 29.8 Å². The van der Waals surface area contributed by atoms with Crippen LogP contribution in [0.25, 0.3) is 0 Å². The van der Waals surface area contributed by atoms with Crippen molar-refractivity contribution in [2.45, 2.75) is 75.9 Å². The zero-order chi connectivity index (χ0) is 34.3. The summed E-state index contributed by atoms with van der Waals surface area (Å²) in [7, 11) is -3.92. The molecule has 0 aromatic heterocycles. The van der Waals surface area contributed by atoms with E-state index < -0.39 is 38.9 Å². The van der Waals surface area contributed by atoms with Crippen molar-refractivity contribution in [2.24, 2.45) is 0 Å². The lowest BCUT2D eigenvalue weighted by atomic mass is 9.59. The van der Waals surface area contributed by atoms with Crippen LogP contribution in [-0.4, -0.2) is 38.0 Å². The summed E-state index contributed by atoms with van der Waals surface area (Å²) < 4.78 is 33.2. The number of hydrogen-bond acceptors (Lipinski definition) is 6. The number of nitrogens with one attached hydrogen (secondary N) is 3. The predicted molar refractivity (Wildman–Crippen MR) is 184 cm³/mol. The lowest BCUT2D eigenvalue weighted by Crippen LogP contribution is -2.57. The second kappa shape index (κ2) is 13.3. The summed E-state index contributed by atoms with van der Waals surface area (Å²) >= 11 is 19.5. The Bertz CT molecular complexity index is 1860. The van der Waals surface area contributed by atoms with E-state index in [0.717, 1.165) is 11.8 Å². The van der Waals surface area contributed by atoms with Crippen LogP contribution in [0.4, 0.5) is 5.69 Å². The molecule has 0 bridgehead atoms. The van der Waals surface area contributed by atoms with E-state index in [1.165, 1.54) is 0 Å². The number of piperidine rings is 1. The minimum absolute atomic E-state index is 0.133. The maximum atomic E-state index is 14.6. The van der Waals surface area contributed by atoms with Crippen LogP contribution < -0.4 is 20.1 Å². The van der Waals surface area contributed by atoms with Gasteiger partial charge in [0.1, 0.15) is 11.2 Å². The van der Waals surface area contributed by atoms with Gasteiger partial charge in [0.25, 0.3) is 5.91 Å². The van der Waals surface area contributed by atoms with E-state index in [0.29, 0.717) is 50.3 Å². The Morgan fingerprint density at radius 3 is 2.19 bits per heavy atom. The number of anilines is 1. The fraction of sp³-hybridized carbons (Fsp3) is 0.382. The fourth-order valence-corrected chi connectivity index (χ4v) is 8.16. The molecule has 1 unspecified atom stereocenters. The van der Waals surface area contributed by atoms with Gasteiger partial charge < -0.3 is 15.4 Å². The van der Waals surface area contributed by atoms with Gasteiger partial charge in [-0.05, 0) is 78.9 Å². The van der Waals surface area contributed by atoms with E-state index in [1.807, 2.05) is 26.8 Å². The predicted octanol–water partition coefficient (Wildman–Crippen LogP) is 6.98. The molecular formula is C34H36Cl3N3O6S. The number of aryl methyl sites for hydroxylation is 1. The molecule has 47 heavy (non-hydrogen) atoms. The molecular weight excluding hydrogens is 685 g/mol. The van der Waals surface area contributed by atoms with Crippen LogP contribution in [0.2, 0.25) is 15.1 Å². The number of halogens is 3. The van der Waals surface area contributed by atoms with E-state index in [9.17, 15) is 22.8 Å². The van der Waals surface area contributed by atoms with Crippen LogP contribution in [0.3, 0.4) is 0 Å². The van der Waals surface area contributed by atoms with E-state index in [2.05, 4.69) is 15.4 Å². The summed E-state index contributed by atoms with van der Waals surface area (Å²) in [6, 6.07) is 14.4. The average molecular weight is 721 g/mol. The SMILES string of the molecule is CCCC(CCC)(Oc1ccc(Cl)cc1[C@H]1CC(=O)N[C@@H](c2cc(Cl)ccc2C)C12C(=O)Nc1cc(Cl)ccc12)C(=O)NS(C)(=O)=O. The molecule has 0 radical (unpaired) electrons. The first kappa shape index (κ1) is 35.0. The van der Waals surface area contributed by atoms with Crippen LogP contribution in [0.5, 0.6) is 5.75 Å². The highest BCUT2D eigenvalue weighted by molar-refractivity contribution is 7.89. The fourth-order valence-electron chi connectivity index (χ4n) is 7.11. The summed E-state index contributed by atoms with van der Waals surface area (Å²) in [6.07, 6.45) is 2.18. The van der Waals surface area contributed by atoms with E-state index >= 15 is 0 Å². The molecule has 1 fully saturated rings. The van der Waals surface area contributed by atoms with Crippen molar-refractivity contribution in [3.8, 4) is 5.75 Å². The quantitative estimate of drug-likeness (QED) is 0.207. The largest absolute Gasteiger partial charge is 0.477 e. The number of sulfonamides is 1. The van der Waals surface area contributed by atoms with Crippen molar-refractivity contribution in [3.05, 3.63) is 91.9 Å². The third-order valence-corrected chi connectivity index (χ3v) is 10.2. The van der Waals surface area contributed by atoms with E-state index in [4.69, 9.17) is 39.5 Å². The molecule has 5 rings (SSSR count). The first-order chi connectivity index (χ1) is 22.1. The molecule has 9 nitrogen and oxygen atoms in total. The standard InChI is InChI=1S/C34H36Cl3N3O6S/c1-5-13-33(14-6-2,31(42)40-47(4,44)45)46-28-12-10-21(36)16-24(28)26-18-29(41)39-30(23-15-20(35)8-7-19(23)3)34(26)25-11-9-22(37)17-27(25)38-32(34)43/h7-12,15-17,26,30H,5-6,13-14,18H2,1-4H3,(H,38,43)(H,39,41)(H,40,42)/t26-,30+,34?/m1/s1. The number of rotatable bonds is 10. The number of carbonyl (C=O) groups excluding carboxylic acids is 3. The first-order valence-corrected chi connectivity index (χ1v) is 18.3. The summed E-state index contributed by atoms with van der Waals surface area (Å²) in [5, 5.41) is 7.25. The number of amides is 3. The van der Waals surface area contributed by atoms with Crippen LogP contribution in [0, 0.1) is 6.92 Å². The average Bonchev–Trinajstić information content (AvgIpc) is 3.26. The zero-order valence-electron chi connectivity index (χ0n) is 26.4. The number of hydrogen-bond donors (Lipinski definition) is 3. The summed E-state index contributed by atoms with van der Waals surface area (Å²) in [5.74, 6) is -2.16. The second-order valence-corrected chi connectivity index (χ2v) is 15.3. The van der Waals surface area contributed by atoms with Gasteiger partial charge in [-0.15, -0.1) is 0 Å².